The summed E-state index contributed by atoms with van der Waals surface area (Å²) in [6.07, 6.45) is 5.79. The summed E-state index contributed by atoms with van der Waals surface area (Å²) in [5.74, 6) is -1.66. The normalized spacial score (nSPS) is 14.2. The Kier molecular flexibility index (Phi) is 7.59. The van der Waals surface area contributed by atoms with E-state index in [4.69, 9.17) is 5.11 Å². The number of hydrogen-bond acceptors (Lipinski definition) is 2. The Bertz CT molecular complexity index is 250. The third kappa shape index (κ3) is 6.97. The number of aliphatic carboxylic acids is 2. The second kappa shape index (κ2) is 8.09. The van der Waals surface area contributed by atoms with Gasteiger partial charge in [-0.15, -0.1) is 0 Å². The summed E-state index contributed by atoms with van der Waals surface area (Å²) in [6, 6.07) is 0. The van der Waals surface area contributed by atoms with Crippen molar-refractivity contribution in [2.45, 2.75) is 65.2 Å². The van der Waals surface area contributed by atoms with Crippen LogP contribution in [0.1, 0.15) is 65.2 Å². The zero-order valence-electron chi connectivity index (χ0n) is 10.9. The molecule has 0 aliphatic heterocycles. The summed E-state index contributed by atoms with van der Waals surface area (Å²) in [5.41, 5.74) is -0.761. The van der Waals surface area contributed by atoms with Crippen molar-refractivity contribution in [3.63, 3.8) is 0 Å². The van der Waals surface area contributed by atoms with Crippen molar-refractivity contribution in [1.82, 2.24) is 0 Å². The molecule has 0 aliphatic rings. The van der Waals surface area contributed by atoms with Gasteiger partial charge in [0.15, 0.2) is 0 Å². The molecule has 100 valence electrons. The number of carbonyl (C=O) groups is 2. The molecule has 0 aromatic rings. The number of rotatable bonds is 10. The van der Waals surface area contributed by atoms with Gasteiger partial charge in [0.2, 0.25) is 0 Å². The van der Waals surface area contributed by atoms with Crippen LogP contribution in [0.2, 0.25) is 0 Å². The fourth-order valence-corrected chi connectivity index (χ4v) is 1.91. The standard InChI is InChI=1S/C13H24O4/c1-3-4-5-6-9-13(2,12(16)17)10-7-8-11(14)15/h3-10H2,1-2H3,(H,14,15)(H,16,17). The fourth-order valence-electron chi connectivity index (χ4n) is 1.91. The van der Waals surface area contributed by atoms with Crippen LogP contribution in [-0.4, -0.2) is 22.2 Å². The summed E-state index contributed by atoms with van der Waals surface area (Å²) in [4.78, 5) is 21.6. The zero-order chi connectivity index (χ0) is 13.3. The van der Waals surface area contributed by atoms with Gasteiger partial charge in [-0.05, 0) is 26.2 Å². The van der Waals surface area contributed by atoms with Crippen LogP contribution in [0, 0.1) is 5.41 Å². The number of hydrogen-bond donors (Lipinski definition) is 2. The van der Waals surface area contributed by atoms with Crippen molar-refractivity contribution >= 4 is 11.9 Å². The maximum Gasteiger partial charge on any atom is 0.309 e. The minimum Gasteiger partial charge on any atom is -0.481 e. The van der Waals surface area contributed by atoms with E-state index >= 15 is 0 Å². The molecule has 0 rings (SSSR count). The van der Waals surface area contributed by atoms with Gasteiger partial charge in [0.1, 0.15) is 0 Å². The number of carboxylic acid groups (broad SMARTS) is 2. The van der Waals surface area contributed by atoms with Crippen LogP contribution >= 0.6 is 0 Å². The Balaban J connectivity index is 4.07. The fraction of sp³-hybridized carbons (Fsp3) is 0.846. The molecule has 4 nitrogen and oxygen atoms in total. The lowest BCUT2D eigenvalue weighted by Crippen LogP contribution is -2.27. The minimum atomic E-state index is -0.858. The first kappa shape index (κ1) is 15.9. The topological polar surface area (TPSA) is 74.6 Å². The molecular formula is C13H24O4. The molecule has 1 unspecified atom stereocenters. The monoisotopic (exact) mass is 244 g/mol. The van der Waals surface area contributed by atoms with Crippen molar-refractivity contribution in [3.05, 3.63) is 0 Å². The lowest BCUT2D eigenvalue weighted by Gasteiger charge is -2.24. The van der Waals surface area contributed by atoms with Crippen LogP contribution < -0.4 is 0 Å². The van der Waals surface area contributed by atoms with E-state index in [2.05, 4.69) is 6.92 Å². The van der Waals surface area contributed by atoms with Gasteiger partial charge < -0.3 is 10.2 Å². The molecular weight excluding hydrogens is 220 g/mol. The molecule has 0 radical (unpaired) electrons. The molecule has 0 amide bonds. The van der Waals surface area contributed by atoms with E-state index in [-0.39, 0.29) is 6.42 Å². The first-order valence-electron chi connectivity index (χ1n) is 6.37. The van der Waals surface area contributed by atoms with E-state index in [1.165, 1.54) is 0 Å². The highest BCUT2D eigenvalue weighted by Gasteiger charge is 2.31. The molecule has 0 saturated carbocycles. The molecule has 0 spiro atoms. The first-order chi connectivity index (χ1) is 7.92. The predicted molar refractivity (Wildman–Crippen MR) is 66.0 cm³/mol. The lowest BCUT2D eigenvalue weighted by molar-refractivity contribution is -0.149. The highest BCUT2D eigenvalue weighted by atomic mass is 16.4. The molecule has 0 bridgehead atoms. The van der Waals surface area contributed by atoms with Gasteiger partial charge >= 0.3 is 11.9 Å². The molecule has 0 aliphatic carbocycles. The highest BCUT2D eigenvalue weighted by Crippen LogP contribution is 2.31. The molecule has 0 aromatic heterocycles. The molecule has 0 fully saturated rings. The smallest absolute Gasteiger partial charge is 0.309 e. The Hall–Kier alpha value is -1.06. The van der Waals surface area contributed by atoms with Crippen molar-refractivity contribution in [2.24, 2.45) is 5.41 Å². The Morgan fingerprint density at radius 2 is 1.59 bits per heavy atom. The van der Waals surface area contributed by atoms with E-state index in [0.29, 0.717) is 19.3 Å². The highest BCUT2D eigenvalue weighted by molar-refractivity contribution is 5.74. The second-order valence-corrected chi connectivity index (χ2v) is 4.92. The summed E-state index contributed by atoms with van der Waals surface area (Å²) < 4.78 is 0. The Labute approximate surface area is 103 Å². The summed E-state index contributed by atoms with van der Waals surface area (Å²) in [5, 5.41) is 17.8. The van der Waals surface area contributed by atoms with Crippen LogP contribution in [-0.2, 0) is 9.59 Å². The molecule has 0 saturated heterocycles. The molecule has 17 heavy (non-hydrogen) atoms. The number of unbranched alkanes of at least 4 members (excludes halogenated alkanes) is 3. The molecule has 1 atom stereocenters. The maximum absolute atomic E-state index is 11.2. The molecule has 2 N–H and O–H groups in total. The SMILES string of the molecule is CCCCCCC(C)(CCCC(=O)O)C(=O)O. The lowest BCUT2D eigenvalue weighted by atomic mass is 9.80. The quantitative estimate of drug-likeness (QED) is 0.578. The van der Waals surface area contributed by atoms with E-state index in [1.54, 1.807) is 6.92 Å². The third-order valence-corrected chi connectivity index (χ3v) is 3.22. The van der Waals surface area contributed by atoms with E-state index < -0.39 is 17.4 Å². The van der Waals surface area contributed by atoms with Crippen LogP contribution in [0.5, 0.6) is 0 Å². The third-order valence-electron chi connectivity index (χ3n) is 3.22. The van der Waals surface area contributed by atoms with Crippen LogP contribution in [0.15, 0.2) is 0 Å². The van der Waals surface area contributed by atoms with Crippen LogP contribution in [0.4, 0.5) is 0 Å². The average Bonchev–Trinajstić information content (AvgIpc) is 2.23. The van der Waals surface area contributed by atoms with E-state index in [1.807, 2.05) is 0 Å². The summed E-state index contributed by atoms with van der Waals surface area (Å²) in [7, 11) is 0. The van der Waals surface area contributed by atoms with Crippen molar-refractivity contribution in [2.75, 3.05) is 0 Å². The summed E-state index contributed by atoms with van der Waals surface area (Å²) in [6.45, 7) is 3.84. The van der Waals surface area contributed by atoms with E-state index in [9.17, 15) is 14.7 Å². The second-order valence-electron chi connectivity index (χ2n) is 4.92. The summed E-state index contributed by atoms with van der Waals surface area (Å²) >= 11 is 0. The Morgan fingerprint density at radius 3 is 2.06 bits per heavy atom. The van der Waals surface area contributed by atoms with Gasteiger partial charge in [-0.25, -0.2) is 0 Å². The average molecular weight is 244 g/mol. The van der Waals surface area contributed by atoms with E-state index in [0.717, 1.165) is 25.7 Å². The predicted octanol–water partition coefficient (Wildman–Crippen LogP) is 3.30. The largest absolute Gasteiger partial charge is 0.481 e. The molecule has 4 heteroatoms. The molecule has 0 heterocycles. The van der Waals surface area contributed by atoms with Gasteiger partial charge in [0, 0.05) is 6.42 Å². The van der Waals surface area contributed by atoms with Gasteiger partial charge in [-0.2, -0.15) is 0 Å². The first-order valence-corrected chi connectivity index (χ1v) is 6.37. The van der Waals surface area contributed by atoms with Crippen molar-refractivity contribution in [1.29, 1.82) is 0 Å². The van der Waals surface area contributed by atoms with Crippen molar-refractivity contribution < 1.29 is 19.8 Å². The molecule has 0 aromatic carbocycles. The van der Waals surface area contributed by atoms with Crippen molar-refractivity contribution in [3.8, 4) is 0 Å². The van der Waals surface area contributed by atoms with Gasteiger partial charge in [0.25, 0.3) is 0 Å². The van der Waals surface area contributed by atoms with Gasteiger partial charge in [-0.3, -0.25) is 9.59 Å². The maximum atomic E-state index is 11.2. The minimum absolute atomic E-state index is 0.0534. The number of carboxylic acids is 2. The van der Waals surface area contributed by atoms with Gasteiger partial charge in [0.05, 0.1) is 5.41 Å². The van der Waals surface area contributed by atoms with Gasteiger partial charge in [-0.1, -0.05) is 32.6 Å². The van der Waals surface area contributed by atoms with Crippen LogP contribution in [0.25, 0.3) is 0 Å². The van der Waals surface area contributed by atoms with Crippen LogP contribution in [0.3, 0.4) is 0 Å². The Morgan fingerprint density at radius 1 is 1.00 bits per heavy atom. The zero-order valence-corrected chi connectivity index (χ0v) is 10.9.